The van der Waals surface area contributed by atoms with Crippen molar-refractivity contribution in [1.82, 2.24) is 15.1 Å². The summed E-state index contributed by atoms with van der Waals surface area (Å²) >= 11 is 0. The fourth-order valence-corrected chi connectivity index (χ4v) is 5.26. The Morgan fingerprint density at radius 1 is 1.12 bits per heavy atom. The van der Waals surface area contributed by atoms with Crippen molar-refractivity contribution in [3.63, 3.8) is 0 Å². The summed E-state index contributed by atoms with van der Waals surface area (Å²) < 4.78 is 5.24. The van der Waals surface area contributed by atoms with E-state index in [0.29, 0.717) is 17.9 Å². The number of anilines is 1. The van der Waals surface area contributed by atoms with Gasteiger partial charge in [0, 0.05) is 23.8 Å². The topological polar surface area (TPSA) is 71.3 Å². The van der Waals surface area contributed by atoms with Gasteiger partial charge in [-0.1, -0.05) is 6.07 Å². The second-order valence-corrected chi connectivity index (χ2v) is 7.84. The summed E-state index contributed by atoms with van der Waals surface area (Å²) in [7, 11) is 0. The number of nitrogens with zero attached hydrogens (tertiary/aromatic N) is 3. The Kier molecular flexibility index (Phi) is 3.50. The van der Waals surface area contributed by atoms with Gasteiger partial charge in [0.25, 0.3) is 0 Å². The van der Waals surface area contributed by atoms with Crippen molar-refractivity contribution in [2.45, 2.75) is 38.1 Å². The third-order valence-corrected chi connectivity index (χ3v) is 6.09. The van der Waals surface area contributed by atoms with E-state index in [4.69, 9.17) is 4.42 Å². The van der Waals surface area contributed by atoms with Gasteiger partial charge in [-0.2, -0.15) is 0 Å². The van der Waals surface area contributed by atoms with Crippen LogP contribution in [0.2, 0.25) is 0 Å². The zero-order chi connectivity index (χ0) is 16.8. The van der Waals surface area contributed by atoms with E-state index in [1.165, 1.54) is 38.5 Å². The highest BCUT2D eigenvalue weighted by Gasteiger charge is 2.44. The van der Waals surface area contributed by atoms with Gasteiger partial charge in [-0.15, -0.1) is 10.2 Å². The third kappa shape index (κ3) is 2.79. The number of hydrogen-bond acceptors (Lipinski definition) is 4. The predicted molar refractivity (Wildman–Crippen MR) is 92.8 cm³/mol. The molecule has 4 bridgehead atoms. The van der Waals surface area contributed by atoms with Gasteiger partial charge in [-0.3, -0.25) is 0 Å². The molecule has 2 saturated heterocycles. The molecule has 1 N–H and O–H groups in total. The maximum absolute atomic E-state index is 12.9. The van der Waals surface area contributed by atoms with Gasteiger partial charge >= 0.3 is 6.03 Å². The summed E-state index contributed by atoms with van der Waals surface area (Å²) in [6.45, 7) is 0.910. The molecule has 2 aliphatic heterocycles. The SMILES string of the molecule is O=C(Nc1cccc(-c2nnco2)c1)N1CC2C[C@@H]3CC1C[C@H](C2)C3. The number of nitrogens with one attached hydrogen (secondary N) is 1. The molecule has 6 nitrogen and oxygen atoms in total. The molecule has 6 heteroatoms. The second kappa shape index (κ2) is 5.86. The molecule has 2 aromatic rings. The first-order valence-electron chi connectivity index (χ1n) is 9.19. The molecule has 2 aliphatic carbocycles. The molecule has 25 heavy (non-hydrogen) atoms. The van der Waals surface area contributed by atoms with E-state index in [1.54, 1.807) is 0 Å². The average molecular weight is 338 g/mol. The van der Waals surface area contributed by atoms with E-state index in [-0.39, 0.29) is 6.03 Å². The fourth-order valence-electron chi connectivity index (χ4n) is 5.26. The standard InChI is InChI=1S/C19H22N4O2/c24-19(21-16-3-1-2-15(9-16)18-22-20-11-25-18)23-10-14-5-12-4-13(6-14)8-17(23)7-12/h1-3,9,11-14,17H,4-8,10H2,(H,21,24)/t12-,13+,14?,17?. The van der Waals surface area contributed by atoms with Crippen LogP contribution in [0.1, 0.15) is 32.1 Å². The van der Waals surface area contributed by atoms with Crippen LogP contribution >= 0.6 is 0 Å². The van der Waals surface area contributed by atoms with Crippen molar-refractivity contribution in [3.05, 3.63) is 30.7 Å². The Hall–Kier alpha value is -2.37. The highest BCUT2D eigenvalue weighted by Crippen LogP contribution is 2.47. The summed E-state index contributed by atoms with van der Waals surface area (Å²) in [6.07, 6.45) is 7.68. The molecule has 1 aromatic heterocycles. The molecular weight excluding hydrogens is 316 g/mol. The number of carbonyl (C=O) groups excluding carboxylic acids is 1. The lowest BCUT2D eigenvalue weighted by molar-refractivity contribution is 0.136. The average Bonchev–Trinajstić information content (AvgIpc) is 3.06. The number of aromatic nitrogens is 2. The molecule has 2 amide bonds. The van der Waals surface area contributed by atoms with Crippen LogP contribution < -0.4 is 5.32 Å². The largest absolute Gasteiger partial charge is 0.423 e. The first-order valence-corrected chi connectivity index (χ1v) is 9.19. The van der Waals surface area contributed by atoms with Crippen LogP contribution in [0.4, 0.5) is 10.5 Å². The van der Waals surface area contributed by atoms with E-state index >= 15 is 0 Å². The van der Waals surface area contributed by atoms with Crippen molar-refractivity contribution in [2.24, 2.45) is 17.8 Å². The van der Waals surface area contributed by atoms with Crippen LogP contribution in [-0.2, 0) is 0 Å². The number of hydrogen-bond donors (Lipinski definition) is 1. The minimum Gasteiger partial charge on any atom is -0.423 e. The lowest BCUT2D eigenvalue weighted by Gasteiger charge is -2.38. The van der Waals surface area contributed by atoms with Crippen molar-refractivity contribution in [1.29, 1.82) is 0 Å². The number of urea groups is 1. The molecule has 1 aromatic carbocycles. The molecule has 4 atom stereocenters. The zero-order valence-electron chi connectivity index (χ0n) is 14.1. The van der Waals surface area contributed by atoms with Crippen LogP contribution in [0.3, 0.4) is 0 Å². The molecule has 130 valence electrons. The van der Waals surface area contributed by atoms with Gasteiger partial charge in [0.1, 0.15) is 0 Å². The molecule has 4 aliphatic rings. The smallest absolute Gasteiger partial charge is 0.322 e. The van der Waals surface area contributed by atoms with Gasteiger partial charge in [0.15, 0.2) is 0 Å². The van der Waals surface area contributed by atoms with Gasteiger partial charge in [0.05, 0.1) is 0 Å². The van der Waals surface area contributed by atoms with Crippen LogP contribution in [0.25, 0.3) is 11.5 Å². The molecule has 2 unspecified atom stereocenters. The number of carbonyl (C=O) groups is 1. The first kappa shape index (κ1) is 14.9. The van der Waals surface area contributed by atoms with Crippen molar-refractivity contribution in [3.8, 4) is 11.5 Å². The van der Waals surface area contributed by atoms with Gasteiger partial charge in [0.2, 0.25) is 12.3 Å². The first-order chi connectivity index (χ1) is 12.2. The van der Waals surface area contributed by atoms with Crippen molar-refractivity contribution < 1.29 is 9.21 Å². The van der Waals surface area contributed by atoms with Gasteiger partial charge in [-0.25, -0.2) is 4.79 Å². The van der Waals surface area contributed by atoms with Crippen LogP contribution in [0.5, 0.6) is 0 Å². The Morgan fingerprint density at radius 2 is 1.92 bits per heavy atom. The van der Waals surface area contributed by atoms with Crippen LogP contribution in [0.15, 0.2) is 35.1 Å². The highest BCUT2D eigenvalue weighted by molar-refractivity contribution is 5.90. The molecular formula is C19H22N4O2. The maximum Gasteiger partial charge on any atom is 0.322 e. The summed E-state index contributed by atoms with van der Waals surface area (Å²) in [5, 5.41) is 10.7. The minimum atomic E-state index is 0.0286. The Balaban J connectivity index is 1.34. The van der Waals surface area contributed by atoms with Crippen LogP contribution in [0, 0.1) is 17.8 Å². The molecule has 4 fully saturated rings. The minimum absolute atomic E-state index is 0.0286. The summed E-state index contributed by atoms with van der Waals surface area (Å²) in [6, 6.07) is 8.02. The molecule has 2 saturated carbocycles. The quantitative estimate of drug-likeness (QED) is 0.904. The van der Waals surface area contributed by atoms with E-state index in [0.717, 1.165) is 29.6 Å². The predicted octanol–water partition coefficient (Wildman–Crippen LogP) is 3.78. The summed E-state index contributed by atoms with van der Waals surface area (Å²) in [5.74, 6) is 2.82. The monoisotopic (exact) mass is 338 g/mol. The van der Waals surface area contributed by atoms with E-state index < -0.39 is 0 Å². The highest BCUT2D eigenvalue weighted by atomic mass is 16.4. The lowest BCUT2D eigenvalue weighted by atomic mass is 9.68. The summed E-state index contributed by atoms with van der Waals surface area (Å²) in [4.78, 5) is 15.0. The molecule has 0 spiro atoms. The molecule has 0 radical (unpaired) electrons. The number of rotatable bonds is 2. The Morgan fingerprint density at radius 3 is 2.68 bits per heavy atom. The number of fused-ring (bicyclic) bond motifs is 1. The lowest BCUT2D eigenvalue weighted by Crippen LogP contribution is -2.44. The van der Waals surface area contributed by atoms with Crippen molar-refractivity contribution in [2.75, 3.05) is 11.9 Å². The number of benzene rings is 1. The molecule has 3 heterocycles. The second-order valence-electron chi connectivity index (χ2n) is 7.84. The van der Waals surface area contributed by atoms with E-state index in [9.17, 15) is 4.79 Å². The van der Waals surface area contributed by atoms with Gasteiger partial charge < -0.3 is 14.6 Å². The number of amides is 2. The molecule has 6 rings (SSSR count). The normalized spacial score (nSPS) is 30.3. The van der Waals surface area contributed by atoms with E-state index in [2.05, 4.69) is 20.4 Å². The fraction of sp³-hybridized carbons (Fsp3) is 0.526. The van der Waals surface area contributed by atoms with Gasteiger partial charge in [-0.05, 0) is 68.1 Å². The third-order valence-electron chi connectivity index (χ3n) is 6.09. The summed E-state index contributed by atoms with van der Waals surface area (Å²) in [5.41, 5.74) is 1.58. The maximum atomic E-state index is 12.9. The Bertz CT molecular complexity index is 761. The van der Waals surface area contributed by atoms with Crippen molar-refractivity contribution >= 4 is 11.7 Å². The Labute approximate surface area is 146 Å². The zero-order valence-corrected chi connectivity index (χ0v) is 14.1. The van der Waals surface area contributed by atoms with E-state index in [1.807, 2.05) is 24.3 Å². The van der Waals surface area contributed by atoms with Crippen LogP contribution in [-0.4, -0.2) is 33.7 Å².